The standard InChI is InChI=1S/2C10H9N.C4H4O4/c2*1-2-7-10-9(5-1)6-3-4-8-11-10;5-3(6)1-2-4(7)8/h2*1-8,11H;1-2H,(H,5,6)(H,7,8)/b;;2-1-. The number of hydrogen-bond acceptors (Lipinski definition) is 4. The van der Waals surface area contributed by atoms with Gasteiger partial charge in [-0.1, -0.05) is 36.4 Å². The molecule has 4 rings (SSSR count). The molecule has 0 saturated heterocycles. The summed E-state index contributed by atoms with van der Waals surface area (Å²) in [5.74, 6) is -3.09. The van der Waals surface area contributed by atoms with Crippen molar-refractivity contribution in [1.29, 1.82) is 0 Å². The summed E-state index contributed by atoms with van der Waals surface area (Å²) < 4.78 is 0. The zero-order chi connectivity index (χ0) is 21.6. The Kier molecular flexibility index (Phi) is 9.26. The molecule has 0 radical (unpaired) electrons. The fourth-order valence-electron chi connectivity index (χ4n) is 2.53. The van der Waals surface area contributed by atoms with E-state index in [1.165, 1.54) is 22.5 Å². The zero-order valence-electron chi connectivity index (χ0n) is 16.2. The van der Waals surface area contributed by atoms with Crippen LogP contribution >= 0.6 is 0 Å². The number of aliphatic carboxylic acids is 2. The van der Waals surface area contributed by atoms with E-state index in [-0.39, 0.29) is 0 Å². The lowest BCUT2D eigenvalue weighted by Crippen LogP contribution is -2.71. The van der Waals surface area contributed by atoms with Crippen LogP contribution in [0.5, 0.6) is 0 Å². The molecule has 6 heteroatoms. The van der Waals surface area contributed by atoms with E-state index in [2.05, 4.69) is 95.9 Å². The van der Waals surface area contributed by atoms with Crippen LogP contribution in [0.25, 0.3) is 12.2 Å². The van der Waals surface area contributed by atoms with Crippen molar-refractivity contribution in [2.45, 2.75) is 0 Å². The molecule has 2 heterocycles. The first-order valence-electron chi connectivity index (χ1n) is 9.20. The largest absolute Gasteiger partial charge is 0.545 e. The highest BCUT2D eigenvalue weighted by molar-refractivity contribution is 5.87. The highest BCUT2D eigenvalue weighted by Crippen LogP contribution is 2.13. The van der Waals surface area contributed by atoms with Crippen LogP contribution in [-0.4, -0.2) is 11.9 Å². The molecule has 0 spiro atoms. The Morgan fingerprint density at radius 1 is 0.633 bits per heavy atom. The number of quaternary nitrogens is 2. The Hall–Kier alpha value is -4.00. The van der Waals surface area contributed by atoms with Gasteiger partial charge in [0.15, 0.2) is 0 Å². The highest BCUT2D eigenvalue weighted by atomic mass is 16.4. The van der Waals surface area contributed by atoms with E-state index in [0.29, 0.717) is 12.2 Å². The molecule has 0 aromatic heterocycles. The molecule has 0 amide bonds. The van der Waals surface area contributed by atoms with Crippen molar-refractivity contribution in [3.63, 3.8) is 0 Å². The third kappa shape index (κ3) is 8.35. The Bertz CT molecular complexity index is 936. The quantitative estimate of drug-likeness (QED) is 0.539. The molecule has 0 atom stereocenters. The van der Waals surface area contributed by atoms with Gasteiger partial charge in [-0.3, -0.25) is 10.6 Å². The fraction of sp³-hybridized carbons (Fsp3) is 0. The summed E-state index contributed by atoms with van der Waals surface area (Å²) in [6.07, 6.45) is 17.3. The molecule has 0 bridgehead atoms. The minimum absolute atomic E-state index is 0.384. The Morgan fingerprint density at radius 2 is 1.03 bits per heavy atom. The van der Waals surface area contributed by atoms with Gasteiger partial charge in [-0.2, -0.15) is 0 Å². The molecule has 4 N–H and O–H groups in total. The lowest BCUT2D eigenvalue weighted by Gasteiger charge is -1.96. The second-order valence-electron chi connectivity index (χ2n) is 6.05. The van der Waals surface area contributed by atoms with Crippen LogP contribution in [0.2, 0.25) is 0 Å². The van der Waals surface area contributed by atoms with Gasteiger partial charge in [0, 0.05) is 23.3 Å². The molecule has 2 aromatic rings. The van der Waals surface area contributed by atoms with Crippen molar-refractivity contribution >= 4 is 35.5 Å². The van der Waals surface area contributed by atoms with Gasteiger partial charge in [-0.25, -0.2) is 0 Å². The number of carboxylic acid groups (broad SMARTS) is 2. The SMILES string of the molecule is C1=C[NH2+]c2ccccc2C=C1.C1=C[NH2+]c2ccccc2C=C1.O=C([O-])/C=C\C(=O)[O-]. The van der Waals surface area contributed by atoms with Crippen LogP contribution in [0.4, 0.5) is 11.4 Å². The molecule has 2 aromatic carbocycles. The Morgan fingerprint density at radius 3 is 1.43 bits per heavy atom. The van der Waals surface area contributed by atoms with Gasteiger partial charge in [0.1, 0.15) is 11.4 Å². The topological polar surface area (TPSA) is 113 Å². The van der Waals surface area contributed by atoms with Gasteiger partial charge < -0.3 is 19.8 Å². The van der Waals surface area contributed by atoms with Gasteiger partial charge in [-0.15, -0.1) is 0 Å². The van der Waals surface area contributed by atoms with Crippen LogP contribution in [0.1, 0.15) is 11.1 Å². The molecule has 0 aliphatic carbocycles. The van der Waals surface area contributed by atoms with Gasteiger partial charge in [0.2, 0.25) is 0 Å². The first kappa shape index (κ1) is 22.3. The molecule has 0 fully saturated rings. The number of carbonyl (C=O) groups excluding carboxylic acids is 2. The van der Waals surface area contributed by atoms with E-state index in [9.17, 15) is 19.8 Å². The molecule has 152 valence electrons. The number of para-hydroxylation sites is 2. The van der Waals surface area contributed by atoms with Crippen molar-refractivity contribution in [2.24, 2.45) is 0 Å². The minimum atomic E-state index is -1.55. The second kappa shape index (κ2) is 12.5. The maximum Gasteiger partial charge on any atom is 0.141 e. The molecule has 6 nitrogen and oxygen atoms in total. The number of fused-ring (bicyclic) bond motifs is 2. The first-order chi connectivity index (χ1) is 14.6. The van der Waals surface area contributed by atoms with E-state index >= 15 is 0 Å². The summed E-state index contributed by atoms with van der Waals surface area (Å²) in [6.45, 7) is 0. The highest BCUT2D eigenvalue weighted by Gasteiger charge is 2.01. The molecule has 30 heavy (non-hydrogen) atoms. The maximum atomic E-state index is 9.41. The number of carboxylic acids is 2. The van der Waals surface area contributed by atoms with Crippen molar-refractivity contribution in [3.05, 3.63) is 109 Å². The maximum absolute atomic E-state index is 9.41. The Balaban J connectivity index is 0.000000163. The molecular formula is C24H22N2O4. The Labute approximate surface area is 174 Å². The molecular weight excluding hydrogens is 380 g/mol. The van der Waals surface area contributed by atoms with Crippen LogP contribution in [0.3, 0.4) is 0 Å². The average molecular weight is 402 g/mol. The fourth-order valence-corrected chi connectivity index (χ4v) is 2.53. The van der Waals surface area contributed by atoms with E-state index in [1.54, 1.807) is 0 Å². The summed E-state index contributed by atoms with van der Waals surface area (Å²) in [5, 5.41) is 23.1. The summed E-state index contributed by atoms with van der Waals surface area (Å²) in [5.41, 5.74) is 5.16. The number of benzene rings is 2. The predicted octanol–water partition coefficient (Wildman–Crippen LogP) is -0.114. The first-order valence-corrected chi connectivity index (χ1v) is 9.20. The number of nitrogens with two attached hydrogens (primary N) is 2. The van der Waals surface area contributed by atoms with Crippen LogP contribution in [0.15, 0.2) is 97.4 Å². The smallest absolute Gasteiger partial charge is 0.141 e. The molecule has 2 aliphatic rings. The summed E-state index contributed by atoms with van der Waals surface area (Å²) in [7, 11) is 0. The van der Waals surface area contributed by atoms with Crippen molar-refractivity contribution in [2.75, 3.05) is 0 Å². The van der Waals surface area contributed by atoms with E-state index in [1.807, 2.05) is 12.2 Å². The molecule has 0 unspecified atom stereocenters. The lowest BCUT2D eigenvalue weighted by molar-refractivity contribution is -0.496. The van der Waals surface area contributed by atoms with E-state index < -0.39 is 11.9 Å². The predicted molar refractivity (Wildman–Crippen MR) is 112 cm³/mol. The summed E-state index contributed by atoms with van der Waals surface area (Å²) in [4.78, 5) is 18.8. The minimum Gasteiger partial charge on any atom is -0.545 e. The number of allylic oxidation sites excluding steroid dienone is 4. The van der Waals surface area contributed by atoms with Gasteiger partial charge >= 0.3 is 0 Å². The number of carbonyl (C=O) groups is 2. The average Bonchev–Trinajstić information content (AvgIpc) is 3.13. The third-order valence-corrected chi connectivity index (χ3v) is 3.90. The van der Waals surface area contributed by atoms with E-state index in [0.717, 1.165) is 0 Å². The van der Waals surface area contributed by atoms with Gasteiger partial charge in [0.25, 0.3) is 0 Å². The monoisotopic (exact) mass is 402 g/mol. The normalized spacial score (nSPS) is 12.9. The zero-order valence-corrected chi connectivity index (χ0v) is 16.2. The summed E-state index contributed by atoms with van der Waals surface area (Å²) in [6, 6.07) is 16.7. The third-order valence-electron chi connectivity index (χ3n) is 3.90. The van der Waals surface area contributed by atoms with Crippen molar-refractivity contribution in [3.8, 4) is 0 Å². The molecule has 0 saturated carbocycles. The van der Waals surface area contributed by atoms with Gasteiger partial charge in [-0.05, 0) is 48.6 Å². The van der Waals surface area contributed by atoms with Crippen LogP contribution in [0, 0.1) is 0 Å². The second-order valence-corrected chi connectivity index (χ2v) is 6.05. The van der Waals surface area contributed by atoms with Crippen molar-refractivity contribution in [1.82, 2.24) is 0 Å². The summed E-state index contributed by atoms with van der Waals surface area (Å²) >= 11 is 0. The molecule has 2 aliphatic heterocycles. The number of rotatable bonds is 2. The van der Waals surface area contributed by atoms with E-state index in [4.69, 9.17) is 0 Å². The van der Waals surface area contributed by atoms with Crippen molar-refractivity contribution < 1.29 is 30.4 Å². The number of hydrogen-bond donors (Lipinski definition) is 2. The lowest BCUT2D eigenvalue weighted by atomic mass is 10.2. The van der Waals surface area contributed by atoms with Crippen LogP contribution < -0.4 is 20.8 Å². The van der Waals surface area contributed by atoms with Gasteiger partial charge in [0.05, 0.1) is 24.3 Å². The van der Waals surface area contributed by atoms with Crippen LogP contribution in [-0.2, 0) is 9.59 Å².